The smallest absolute Gasteiger partial charge is 0.0726 e. The Bertz CT molecular complexity index is 2960. The zero-order valence-electron chi connectivity index (χ0n) is 34.2. The molecule has 1 unspecified atom stereocenters. The number of para-hydroxylation sites is 1. The third-order valence-corrected chi connectivity index (χ3v) is 13.5. The van der Waals surface area contributed by atoms with E-state index in [1.807, 2.05) is 0 Å². The molecule has 280 valence electrons. The highest BCUT2D eigenvalue weighted by Crippen LogP contribution is 2.64. The van der Waals surface area contributed by atoms with Gasteiger partial charge in [0, 0.05) is 22.4 Å². The number of rotatable bonds is 4. The molecular formula is C57H47N. The van der Waals surface area contributed by atoms with E-state index >= 15 is 0 Å². The van der Waals surface area contributed by atoms with E-state index in [4.69, 9.17) is 0 Å². The lowest BCUT2D eigenvalue weighted by atomic mass is 9.69. The second kappa shape index (κ2) is 12.3. The highest BCUT2D eigenvalue weighted by atomic mass is 15.1. The van der Waals surface area contributed by atoms with Crippen LogP contribution in [0.25, 0.3) is 44.5 Å². The molecule has 3 aliphatic carbocycles. The van der Waals surface area contributed by atoms with Crippen LogP contribution in [0.2, 0.25) is 0 Å². The molecule has 0 bridgehead atoms. The van der Waals surface area contributed by atoms with Crippen LogP contribution in [-0.4, -0.2) is 0 Å². The quantitative estimate of drug-likeness (QED) is 0.173. The number of hydrogen-bond donors (Lipinski definition) is 0. The monoisotopic (exact) mass is 745 g/mol. The Kier molecular flexibility index (Phi) is 7.36. The van der Waals surface area contributed by atoms with Gasteiger partial charge in [0.05, 0.1) is 11.1 Å². The molecule has 58 heavy (non-hydrogen) atoms. The van der Waals surface area contributed by atoms with E-state index in [0.29, 0.717) is 0 Å². The van der Waals surface area contributed by atoms with Gasteiger partial charge in [-0.1, -0.05) is 186 Å². The summed E-state index contributed by atoms with van der Waals surface area (Å²) in [5, 5.41) is 0. The molecule has 0 saturated heterocycles. The highest BCUT2D eigenvalue weighted by Gasteiger charge is 2.52. The van der Waals surface area contributed by atoms with Gasteiger partial charge in [-0.05, 0) is 121 Å². The highest BCUT2D eigenvalue weighted by molar-refractivity contribution is 5.98. The van der Waals surface area contributed by atoms with Crippen molar-refractivity contribution in [3.8, 4) is 44.5 Å². The lowest BCUT2D eigenvalue weighted by Gasteiger charge is -2.33. The van der Waals surface area contributed by atoms with Crippen LogP contribution >= 0.6 is 0 Å². The van der Waals surface area contributed by atoms with Gasteiger partial charge in [0.15, 0.2) is 0 Å². The molecule has 0 aromatic heterocycles. The molecule has 1 atom stereocenters. The SMILES string of the molecule is Cc1ccc(-c2ccccc2N(c2ccc3c(c2)-c2ccccc2C3(C)C)c2ccc3c(c2)C2(c4ccccc4-3)c3ccccc3-c3ccc(C(C)(C)C)cc32)cc1. The Balaban J connectivity index is 1.21. The van der Waals surface area contributed by atoms with Crippen molar-refractivity contribution in [3.05, 3.63) is 220 Å². The fourth-order valence-electron chi connectivity index (χ4n) is 10.7. The van der Waals surface area contributed by atoms with Crippen LogP contribution < -0.4 is 4.90 Å². The molecule has 1 nitrogen and oxygen atoms in total. The van der Waals surface area contributed by atoms with Gasteiger partial charge >= 0.3 is 0 Å². The molecule has 0 radical (unpaired) electrons. The average molecular weight is 746 g/mol. The molecule has 0 aliphatic heterocycles. The Morgan fingerprint density at radius 2 is 0.879 bits per heavy atom. The Morgan fingerprint density at radius 3 is 1.53 bits per heavy atom. The molecular weight excluding hydrogens is 699 g/mol. The summed E-state index contributed by atoms with van der Waals surface area (Å²) in [6, 6.07) is 66.9. The first-order valence-corrected chi connectivity index (χ1v) is 20.8. The zero-order valence-corrected chi connectivity index (χ0v) is 34.2. The molecule has 11 rings (SSSR count). The van der Waals surface area contributed by atoms with Crippen molar-refractivity contribution in [2.75, 3.05) is 4.90 Å². The van der Waals surface area contributed by atoms with Crippen LogP contribution in [0.15, 0.2) is 176 Å². The largest absolute Gasteiger partial charge is 0.310 e. The van der Waals surface area contributed by atoms with E-state index in [-0.39, 0.29) is 10.8 Å². The minimum Gasteiger partial charge on any atom is -0.310 e. The molecule has 0 heterocycles. The van der Waals surface area contributed by atoms with Crippen LogP contribution in [0.1, 0.15) is 79.1 Å². The van der Waals surface area contributed by atoms with Crippen molar-refractivity contribution in [1.29, 1.82) is 0 Å². The van der Waals surface area contributed by atoms with Gasteiger partial charge in [0.1, 0.15) is 0 Å². The standard InChI is InChI=1S/C57H47N/c1-36-23-25-37(26-24-36)41-15-10-14-22-54(41)58(39-29-32-49-47(34-39)44-18-7-11-19-48(44)56(49,5)6)40-28-31-46-43-17-9-13-21-51(43)57(53(46)35-40)50-20-12-8-16-42(50)45-30-27-38(33-52(45)57)55(2,3)4/h7-35H,1-6H3. The van der Waals surface area contributed by atoms with Crippen molar-refractivity contribution >= 4 is 17.1 Å². The van der Waals surface area contributed by atoms with Crippen molar-refractivity contribution in [2.24, 2.45) is 0 Å². The third kappa shape index (κ3) is 4.77. The van der Waals surface area contributed by atoms with Crippen LogP contribution in [0.4, 0.5) is 17.1 Å². The van der Waals surface area contributed by atoms with Crippen molar-refractivity contribution in [2.45, 2.75) is 57.8 Å². The van der Waals surface area contributed by atoms with Gasteiger partial charge < -0.3 is 4.90 Å². The summed E-state index contributed by atoms with van der Waals surface area (Å²) in [4.78, 5) is 2.52. The summed E-state index contributed by atoms with van der Waals surface area (Å²) in [6.07, 6.45) is 0. The fourth-order valence-corrected chi connectivity index (χ4v) is 10.7. The molecule has 1 heteroatoms. The van der Waals surface area contributed by atoms with E-state index in [0.717, 1.165) is 17.1 Å². The lowest BCUT2D eigenvalue weighted by Crippen LogP contribution is -2.27. The average Bonchev–Trinajstić information content (AvgIpc) is 3.79. The van der Waals surface area contributed by atoms with Crippen LogP contribution in [0, 0.1) is 6.92 Å². The number of anilines is 3. The Labute approximate surface area is 343 Å². The van der Waals surface area contributed by atoms with E-state index in [9.17, 15) is 0 Å². The molecule has 0 amide bonds. The molecule has 0 fully saturated rings. The fraction of sp³-hybridized carbons (Fsp3) is 0.158. The second-order valence-corrected chi connectivity index (χ2v) is 18.2. The van der Waals surface area contributed by atoms with Crippen LogP contribution in [0.5, 0.6) is 0 Å². The van der Waals surface area contributed by atoms with Gasteiger partial charge in [-0.3, -0.25) is 0 Å². The van der Waals surface area contributed by atoms with Gasteiger partial charge in [0.25, 0.3) is 0 Å². The van der Waals surface area contributed by atoms with E-state index in [2.05, 4.69) is 222 Å². The minimum absolute atomic E-state index is 0.00500. The maximum Gasteiger partial charge on any atom is 0.0726 e. The summed E-state index contributed by atoms with van der Waals surface area (Å²) in [5.74, 6) is 0. The molecule has 1 spiro atoms. The van der Waals surface area contributed by atoms with Gasteiger partial charge in [-0.2, -0.15) is 0 Å². The Hall–Kier alpha value is -6.44. The first-order valence-electron chi connectivity index (χ1n) is 20.8. The van der Waals surface area contributed by atoms with Crippen LogP contribution in [-0.2, 0) is 16.2 Å². The van der Waals surface area contributed by atoms with Crippen molar-refractivity contribution in [1.82, 2.24) is 0 Å². The zero-order chi connectivity index (χ0) is 39.6. The summed E-state index contributed by atoms with van der Waals surface area (Å²) in [7, 11) is 0. The number of hydrogen-bond acceptors (Lipinski definition) is 1. The maximum atomic E-state index is 2.53. The van der Waals surface area contributed by atoms with E-state index in [1.54, 1.807) is 0 Å². The topological polar surface area (TPSA) is 3.24 Å². The summed E-state index contributed by atoms with van der Waals surface area (Å²) in [5.41, 5.74) is 24.1. The first kappa shape index (κ1) is 34.8. The number of aryl methyl sites for hydroxylation is 1. The van der Waals surface area contributed by atoms with Crippen LogP contribution in [0.3, 0.4) is 0 Å². The predicted molar refractivity (Wildman–Crippen MR) is 244 cm³/mol. The number of fused-ring (bicyclic) bond motifs is 13. The first-order chi connectivity index (χ1) is 28.1. The van der Waals surface area contributed by atoms with Crippen molar-refractivity contribution < 1.29 is 0 Å². The minimum atomic E-state index is -0.460. The van der Waals surface area contributed by atoms with Gasteiger partial charge in [0.2, 0.25) is 0 Å². The molecule has 8 aromatic rings. The van der Waals surface area contributed by atoms with Gasteiger partial charge in [-0.25, -0.2) is 0 Å². The second-order valence-electron chi connectivity index (χ2n) is 18.2. The predicted octanol–water partition coefficient (Wildman–Crippen LogP) is 15.1. The third-order valence-electron chi connectivity index (χ3n) is 13.5. The molecule has 0 N–H and O–H groups in total. The van der Waals surface area contributed by atoms with E-state index < -0.39 is 5.41 Å². The summed E-state index contributed by atoms with van der Waals surface area (Å²) in [6.45, 7) is 13.9. The summed E-state index contributed by atoms with van der Waals surface area (Å²) >= 11 is 0. The van der Waals surface area contributed by atoms with Gasteiger partial charge in [-0.15, -0.1) is 0 Å². The normalized spacial score (nSPS) is 16.3. The number of nitrogens with zero attached hydrogens (tertiary/aromatic N) is 1. The lowest BCUT2D eigenvalue weighted by molar-refractivity contribution is 0.588. The molecule has 3 aliphatic rings. The molecule has 0 saturated carbocycles. The number of benzene rings is 8. The molecule has 8 aromatic carbocycles. The van der Waals surface area contributed by atoms with Crippen molar-refractivity contribution in [3.63, 3.8) is 0 Å². The van der Waals surface area contributed by atoms with E-state index in [1.165, 1.54) is 89.0 Å². The Morgan fingerprint density at radius 1 is 0.397 bits per heavy atom. The summed E-state index contributed by atoms with van der Waals surface area (Å²) < 4.78 is 0. The maximum absolute atomic E-state index is 2.53.